The second kappa shape index (κ2) is 5.29. The van der Waals surface area contributed by atoms with Gasteiger partial charge in [-0.25, -0.2) is 0 Å². The first-order chi connectivity index (χ1) is 8.16. The van der Waals surface area contributed by atoms with Crippen LogP contribution in [0.15, 0.2) is 24.3 Å². The van der Waals surface area contributed by atoms with Crippen LogP contribution in [0.3, 0.4) is 0 Å². The van der Waals surface area contributed by atoms with E-state index in [2.05, 4.69) is 12.1 Å². The molecule has 1 N–H and O–H groups in total. The van der Waals surface area contributed by atoms with Gasteiger partial charge in [-0.3, -0.25) is 9.69 Å². The lowest BCUT2D eigenvalue weighted by Gasteiger charge is -2.29. The number of benzene rings is 1. The molecular formula is C13H17NO3. The van der Waals surface area contributed by atoms with Crippen molar-refractivity contribution in [1.82, 2.24) is 4.90 Å². The molecule has 0 saturated heterocycles. The van der Waals surface area contributed by atoms with E-state index < -0.39 is 5.97 Å². The zero-order valence-electron chi connectivity index (χ0n) is 9.93. The Hall–Kier alpha value is -1.39. The molecule has 0 radical (unpaired) electrons. The van der Waals surface area contributed by atoms with Crippen molar-refractivity contribution in [3.05, 3.63) is 35.4 Å². The smallest absolute Gasteiger partial charge is 0.317 e. The van der Waals surface area contributed by atoms with Crippen molar-refractivity contribution in [1.29, 1.82) is 0 Å². The molecule has 1 unspecified atom stereocenters. The van der Waals surface area contributed by atoms with E-state index in [4.69, 9.17) is 9.84 Å². The topological polar surface area (TPSA) is 49.8 Å². The van der Waals surface area contributed by atoms with Gasteiger partial charge in [0.15, 0.2) is 0 Å². The molecule has 0 spiro atoms. The van der Waals surface area contributed by atoms with Gasteiger partial charge in [0.05, 0.1) is 19.3 Å². The summed E-state index contributed by atoms with van der Waals surface area (Å²) in [4.78, 5) is 12.4. The Labute approximate surface area is 101 Å². The van der Waals surface area contributed by atoms with Crippen LogP contribution in [0.1, 0.15) is 17.2 Å². The average molecular weight is 235 g/mol. The highest BCUT2D eigenvalue weighted by Crippen LogP contribution is 2.27. The number of rotatable bonds is 4. The molecule has 1 aliphatic rings. The molecule has 0 bridgehead atoms. The Balaban J connectivity index is 2.05. The third-order valence-corrected chi connectivity index (χ3v) is 2.98. The van der Waals surface area contributed by atoms with Gasteiger partial charge in [-0.2, -0.15) is 0 Å². The molecule has 0 amide bonds. The van der Waals surface area contributed by atoms with Crippen LogP contribution in [0.4, 0.5) is 0 Å². The third-order valence-electron chi connectivity index (χ3n) is 2.98. The van der Waals surface area contributed by atoms with E-state index in [1.807, 2.05) is 12.1 Å². The third kappa shape index (κ3) is 3.05. The fraction of sp³-hybridized carbons (Fsp3) is 0.462. The van der Waals surface area contributed by atoms with Crippen molar-refractivity contribution < 1.29 is 14.6 Å². The van der Waals surface area contributed by atoms with Crippen molar-refractivity contribution in [3.8, 4) is 0 Å². The lowest BCUT2D eigenvalue weighted by molar-refractivity contribution is -0.138. The Morgan fingerprint density at radius 3 is 3.06 bits per heavy atom. The van der Waals surface area contributed by atoms with Crippen LogP contribution in [0, 0.1) is 0 Å². The van der Waals surface area contributed by atoms with E-state index in [0.717, 1.165) is 6.42 Å². The molecule has 0 saturated carbocycles. The largest absolute Gasteiger partial charge is 0.480 e. The molecule has 4 nitrogen and oxygen atoms in total. The van der Waals surface area contributed by atoms with Gasteiger partial charge in [0.25, 0.3) is 0 Å². The lowest BCUT2D eigenvalue weighted by Crippen LogP contribution is -2.32. The molecule has 1 heterocycles. The molecule has 1 aromatic rings. The molecule has 1 atom stereocenters. The Kier molecular flexibility index (Phi) is 3.76. The first kappa shape index (κ1) is 12.1. The van der Waals surface area contributed by atoms with Crippen molar-refractivity contribution in [2.24, 2.45) is 0 Å². The summed E-state index contributed by atoms with van der Waals surface area (Å²) in [5, 5.41) is 8.73. The summed E-state index contributed by atoms with van der Waals surface area (Å²) >= 11 is 0. The van der Waals surface area contributed by atoms with E-state index in [1.54, 1.807) is 11.9 Å². The van der Waals surface area contributed by atoms with Gasteiger partial charge in [-0.15, -0.1) is 0 Å². The predicted octanol–water partition coefficient (Wildman–Crippen LogP) is 1.32. The van der Waals surface area contributed by atoms with Gasteiger partial charge < -0.3 is 9.84 Å². The lowest BCUT2D eigenvalue weighted by atomic mass is 9.97. The minimum atomic E-state index is -0.809. The van der Waals surface area contributed by atoms with Crippen LogP contribution < -0.4 is 0 Å². The predicted molar refractivity (Wildman–Crippen MR) is 64.0 cm³/mol. The van der Waals surface area contributed by atoms with E-state index >= 15 is 0 Å². The van der Waals surface area contributed by atoms with Gasteiger partial charge in [-0.05, 0) is 24.6 Å². The number of likely N-dealkylation sites (N-methyl/N-ethyl adjacent to an activating group) is 1. The summed E-state index contributed by atoms with van der Waals surface area (Å²) in [6, 6.07) is 8.20. The number of carboxylic acid groups (broad SMARTS) is 1. The molecule has 17 heavy (non-hydrogen) atoms. The highest BCUT2D eigenvalue weighted by Gasteiger charge is 2.22. The molecule has 1 aromatic carbocycles. The maximum Gasteiger partial charge on any atom is 0.317 e. The SMILES string of the molecule is CN(CC(=O)O)CC1OCCc2ccccc21. The summed E-state index contributed by atoms with van der Waals surface area (Å²) in [6.45, 7) is 1.37. The Morgan fingerprint density at radius 1 is 1.53 bits per heavy atom. The monoisotopic (exact) mass is 235 g/mol. The number of nitrogens with zero attached hydrogens (tertiary/aromatic N) is 1. The van der Waals surface area contributed by atoms with Crippen LogP contribution in [0.25, 0.3) is 0 Å². The van der Waals surface area contributed by atoms with Crippen LogP contribution in [0.5, 0.6) is 0 Å². The van der Waals surface area contributed by atoms with E-state index in [-0.39, 0.29) is 12.6 Å². The number of fused-ring (bicyclic) bond motifs is 1. The molecule has 1 aliphatic heterocycles. The fourth-order valence-electron chi connectivity index (χ4n) is 2.21. The molecular weight excluding hydrogens is 218 g/mol. The fourth-order valence-corrected chi connectivity index (χ4v) is 2.21. The molecule has 0 fully saturated rings. The second-order valence-electron chi connectivity index (χ2n) is 4.40. The summed E-state index contributed by atoms with van der Waals surface area (Å²) in [5.41, 5.74) is 2.50. The van der Waals surface area contributed by atoms with Gasteiger partial charge in [0, 0.05) is 6.54 Å². The number of aliphatic carboxylic acids is 1. The van der Waals surface area contributed by atoms with Crippen LogP contribution in [0.2, 0.25) is 0 Å². The quantitative estimate of drug-likeness (QED) is 0.855. The van der Waals surface area contributed by atoms with Crippen LogP contribution >= 0.6 is 0 Å². The minimum absolute atomic E-state index is 0.00991. The summed E-state index contributed by atoms with van der Waals surface area (Å²) < 4.78 is 5.72. The molecule has 0 aliphatic carbocycles. The van der Waals surface area contributed by atoms with Crippen LogP contribution in [-0.2, 0) is 16.0 Å². The molecule has 2 rings (SSSR count). The minimum Gasteiger partial charge on any atom is -0.480 e. The van der Waals surface area contributed by atoms with E-state index in [0.29, 0.717) is 13.2 Å². The first-order valence-electron chi connectivity index (χ1n) is 5.76. The molecule has 4 heteroatoms. The van der Waals surface area contributed by atoms with Gasteiger partial charge in [-0.1, -0.05) is 24.3 Å². The number of carbonyl (C=O) groups is 1. The standard InChI is InChI=1S/C13H17NO3/c1-14(9-13(15)16)8-12-11-5-3-2-4-10(11)6-7-17-12/h2-5,12H,6-9H2,1H3,(H,15,16). The zero-order valence-corrected chi connectivity index (χ0v) is 9.93. The number of hydrogen-bond donors (Lipinski definition) is 1. The second-order valence-corrected chi connectivity index (χ2v) is 4.40. The first-order valence-corrected chi connectivity index (χ1v) is 5.76. The van der Waals surface area contributed by atoms with Crippen molar-refractivity contribution in [2.75, 3.05) is 26.7 Å². The Bertz CT molecular complexity index is 405. The van der Waals surface area contributed by atoms with Gasteiger partial charge in [0.1, 0.15) is 0 Å². The highest BCUT2D eigenvalue weighted by molar-refractivity contribution is 5.69. The van der Waals surface area contributed by atoms with Gasteiger partial charge >= 0.3 is 5.97 Å². The molecule has 92 valence electrons. The number of carboxylic acids is 1. The normalized spacial score (nSPS) is 19.1. The summed E-state index contributed by atoms with van der Waals surface area (Å²) in [6.07, 6.45) is 0.930. The maximum absolute atomic E-state index is 10.6. The van der Waals surface area contributed by atoms with Crippen molar-refractivity contribution in [3.63, 3.8) is 0 Å². The highest BCUT2D eigenvalue weighted by atomic mass is 16.5. The number of ether oxygens (including phenoxy) is 1. The van der Waals surface area contributed by atoms with Crippen molar-refractivity contribution in [2.45, 2.75) is 12.5 Å². The van der Waals surface area contributed by atoms with Crippen molar-refractivity contribution >= 4 is 5.97 Å². The molecule has 0 aromatic heterocycles. The summed E-state index contributed by atoms with van der Waals surface area (Å²) in [5.74, 6) is -0.809. The average Bonchev–Trinajstić information content (AvgIpc) is 2.28. The zero-order chi connectivity index (χ0) is 12.3. The van der Waals surface area contributed by atoms with E-state index in [9.17, 15) is 4.79 Å². The van der Waals surface area contributed by atoms with Gasteiger partial charge in [0.2, 0.25) is 0 Å². The number of hydrogen-bond acceptors (Lipinski definition) is 3. The van der Waals surface area contributed by atoms with E-state index in [1.165, 1.54) is 11.1 Å². The Morgan fingerprint density at radius 2 is 2.29 bits per heavy atom. The summed E-state index contributed by atoms with van der Waals surface area (Å²) in [7, 11) is 1.80. The van der Waals surface area contributed by atoms with Crippen LogP contribution in [-0.4, -0.2) is 42.7 Å². The maximum atomic E-state index is 10.6.